The van der Waals surface area contributed by atoms with E-state index >= 15 is 0 Å². The lowest BCUT2D eigenvalue weighted by molar-refractivity contribution is -0.385. The van der Waals surface area contributed by atoms with Crippen LogP contribution in [0, 0.1) is 10.1 Å². The Balaban J connectivity index is 2.06. The van der Waals surface area contributed by atoms with Crippen LogP contribution in [-0.4, -0.2) is 46.9 Å². The first kappa shape index (κ1) is 15.2. The fourth-order valence-corrected chi connectivity index (χ4v) is 2.50. The highest BCUT2D eigenvalue weighted by Crippen LogP contribution is 2.19. The lowest BCUT2D eigenvalue weighted by atomic mass is 10.0. The van der Waals surface area contributed by atoms with E-state index in [9.17, 15) is 14.9 Å². The van der Waals surface area contributed by atoms with Crippen LogP contribution in [0.3, 0.4) is 0 Å². The van der Waals surface area contributed by atoms with Crippen molar-refractivity contribution in [1.82, 2.24) is 15.2 Å². The number of likely N-dealkylation sites (tertiary alicyclic amines) is 1. The standard InChI is InChI=1S/C13H19N5O3/c1-17-5-3-2-4-9(17)7-16-13(19)10-6-12(14)15-8-11(10)18(20)21/h6,8-9H,2-5,7H2,1H3,(H2,14,15)(H,16,19). The highest BCUT2D eigenvalue weighted by molar-refractivity contribution is 5.98. The molecule has 2 rings (SSSR count). The van der Waals surface area contributed by atoms with Gasteiger partial charge in [0.25, 0.3) is 11.6 Å². The number of nitrogens with one attached hydrogen (secondary N) is 1. The predicted octanol–water partition coefficient (Wildman–Crippen LogP) is 0.786. The van der Waals surface area contributed by atoms with Crippen molar-refractivity contribution in [2.24, 2.45) is 0 Å². The zero-order valence-corrected chi connectivity index (χ0v) is 11.9. The van der Waals surface area contributed by atoms with Crippen molar-refractivity contribution in [3.63, 3.8) is 0 Å². The van der Waals surface area contributed by atoms with E-state index in [4.69, 9.17) is 5.73 Å². The van der Waals surface area contributed by atoms with Gasteiger partial charge in [0.2, 0.25) is 0 Å². The van der Waals surface area contributed by atoms with Crippen LogP contribution in [0.1, 0.15) is 29.6 Å². The second kappa shape index (κ2) is 6.49. The molecule has 1 fully saturated rings. The van der Waals surface area contributed by atoms with Gasteiger partial charge in [0.1, 0.15) is 17.6 Å². The summed E-state index contributed by atoms with van der Waals surface area (Å²) in [7, 11) is 2.02. The number of pyridine rings is 1. The largest absolute Gasteiger partial charge is 0.384 e. The molecule has 1 amide bonds. The molecule has 1 aromatic heterocycles. The van der Waals surface area contributed by atoms with Gasteiger partial charge in [-0.3, -0.25) is 14.9 Å². The van der Waals surface area contributed by atoms with Gasteiger partial charge in [-0.25, -0.2) is 4.98 Å². The van der Waals surface area contributed by atoms with E-state index in [2.05, 4.69) is 15.2 Å². The summed E-state index contributed by atoms with van der Waals surface area (Å²) in [6.07, 6.45) is 4.31. The van der Waals surface area contributed by atoms with Crippen molar-refractivity contribution in [3.8, 4) is 0 Å². The molecule has 1 aliphatic heterocycles. The molecule has 1 atom stereocenters. The maximum atomic E-state index is 12.2. The number of nitrogens with zero attached hydrogens (tertiary/aromatic N) is 3. The van der Waals surface area contributed by atoms with Gasteiger partial charge < -0.3 is 16.0 Å². The Morgan fingerprint density at radius 2 is 2.38 bits per heavy atom. The zero-order chi connectivity index (χ0) is 15.4. The Kier molecular flexibility index (Phi) is 4.69. The van der Waals surface area contributed by atoms with Crippen LogP contribution >= 0.6 is 0 Å². The molecular weight excluding hydrogens is 274 g/mol. The SMILES string of the molecule is CN1CCCCC1CNC(=O)c1cc(N)ncc1[N+](=O)[O-]. The lowest BCUT2D eigenvalue weighted by Gasteiger charge is -2.32. The van der Waals surface area contributed by atoms with Crippen molar-refractivity contribution in [3.05, 3.63) is 27.9 Å². The van der Waals surface area contributed by atoms with Gasteiger partial charge >= 0.3 is 0 Å². The van der Waals surface area contributed by atoms with Crippen molar-refractivity contribution in [2.45, 2.75) is 25.3 Å². The average molecular weight is 293 g/mol. The third kappa shape index (κ3) is 3.66. The number of nitrogen functional groups attached to an aromatic ring is 1. The van der Waals surface area contributed by atoms with Gasteiger partial charge in [-0.05, 0) is 32.5 Å². The van der Waals surface area contributed by atoms with Crippen LogP contribution in [0.4, 0.5) is 11.5 Å². The van der Waals surface area contributed by atoms with E-state index < -0.39 is 10.8 Å². The first-order chi connectivity index (χ1) is 9.99. The van der Waals surface area contributed by atoms with Gasteiger partial charge in [0, 0.05) is 12.6 Å². The molecule has 0 spiro atoms. The number of hydrogen-bond acceptors (Lipinski definition) is 6. The fourth-order valence-electron chi connectivity index (χ4n) is 2.50. The Labute approximate surface area is 122 Å². The smallest absolute Gasteiger partial charge is 0.300 e. The predicted molar refractivity (Wildman–Crippen MR) is 77.9 cm³/mol. The molecule has 1 saturated heterocycles. The number of carbonyl (C=O) groups is 1. The Morgan fingerprint density at radius 1 is 1.62 bits per heavy atom. The van der Waals surface area contributed by atoms with E-state index in [1.54, 1.807) is 0 Å². The second-order valence-corrected chi connectivity index (χ2v) is 5.22. The highest BCUT2D eigenvalue weighted by Gasteiger charge is 2.23. The highest BCUT2D eigenvalue weighted by atomic mass is 16.6. The Morgan fingerprint density at radius 3 is 3.05 bits per heavy atom. The third-order valence-electron chi connectivity index (χ3n) is 3.77. The van der Waals surface area contributed by atoms with Crippen molar-refractivity contribution >= 4 is 17.4 Å². The molecular formula is C13H19N5O3. The summed E-state index contributed by atoms with van der Waals surface area (Å²) in [5, 5.41) is 13.7. The molecule has 1 aliphatic rings. The van der Waals surface area contributed by atoms with E-state index in [-0.39, 0.29) is 23.1 Å². The molecule has 0 aromatic carbocycles. The van der Waals surface area contributed by atoms with Crippen molar-refractivity contribution < 1.29 is 9.72 Å². The monoisotopic (exact) mass is 293 g/mol. The Hall–Kier alpha value is -2.22. The number of likely N-dealkylation sites (N-methyl/N-ethyl adjacent to an activating group) is 1. The maximum absolute atomic E-state index is 12.2. The normalized spacial score (nSPS) is 19.2. The number of hydrogen-bond donors (Lipinski definition) is 2. The minimum absolute atomic E-state index is 0.0500. The molecule has 2 heterocycles. The molecule has 0 saturated carbocycles. The van der Waals surface area contributed by atoms with Gasteiger partial charge in [0.05, 0.1) is 4.92 Å². The molecule has 0 aliphatic carbocycles. The maximum Gasteiger partial charge on any atom is 0.300 e. The van der Waals surface area contributed by atoms with E-state index in [1.165, 1.54) is 6.07 Å². The number of amides is 1. The van der Waals surface area contributed by atoms with Gasteiger partial charge in [-0.2, -0.15) is 0 Å². The van der Waals surface area contributed by atoms with Gasteiger partial charge in [0.15, 0.2) is 0 Å². The quantitative estimate of drug-likeness (QED) is 0.626. The minimum Gasteiger partial charge on any atom is -0.384 e. The number of nitro groups is 1. The summed E-state index contributed by atoms with van der Waals surface area (Å²) in [4.78, 5) is 28.3. The van der Waals surface area contributed by atoms with Gasteiger partial charge in [-0.15, -0.1) is 0 Å². The number of carbonyl (C=O) groups excluding carboxylic acids is 1. The zero-order valence-electron chi connectivity index (χ0n) is 11.9. The number of aromatic nitrogens is 1. The summed E-state index contributed by atoms with van der Waals surface area (Å²) in [6.45, 7) is 1.47. The molecule has 8 heteroatoms. The third-order valence-corrected chi connectivity index (χ3v) is 3.77. The minimum atomic E-state index is -0.631. The van der Waals surface area contributed by atoms with Crippen LogP contribution in [0.15, 0.2) is 12.3 Å². The van der Waals surface area contributed by atoms with Crippen LogP contribution < -0.4 is 11.1 Å². The summed E-state index contributed by atoms with van der Waals surface area (Å²) < 4.78 is 0. The number of nitrogens with two attached hydrogens (primary N) is 1. The summed E-state index contributed by atoms with van der Waals surface area (Å²) >= 11 is 0. The molecule has 21 heavy (non-hydrogen) atoms. The molecule has 8 nitrogen and oxygen atoms in total. The molecule has 114 valence electrons. The first-order valence-corrected chi connectivity index (χ1v) is 6.87. The summed E-state index contributed by atoms with van der Waals surface area (Å²) in [5.41, 5.74) is 5.12. The first-order valence-electron chi connectivity index (χ1n) is 6.87. The van der Waals surface area contributed by atoms with E-state index in [1.807, 2.05) is 7.05 Å². The van der Waals surface area contributed by atoms with E-state index in [0.29, 0.717) is 6.54 Å². The number of anilines is 1. The molecule has 0 bridgehead atoms. The topological polar surface area (TPSA) is 114 Å². The Bertz CT molecular complexity index is 549. The molecule has 0 radical (unpaired) electrons. The van der Waals surface area contributed by atoms with Crippen molar-refractivity contribution in [2.75, 3.05) is 25.9 Å². The van der Waals surface area contributed by atoms with Gasteiger partial charge in [-0.1, -0.05) is 6.42 Å². The van der Waals surface area contributed by atoms with Crippen LogP contribution in [-0.2, 0) is 0 Å². The summed E-state index contributed by atoms with van der Waals surface area (Å²) in [5.74, 6) is -0.407. The van der Waals surface area contributed by atoms with Crippen LogP contribution in [0.25, 0.3) is 0 Å². The van der Waals surface area contributed by atoms with Crippen molar-refractivity contribution in [1.29, 1.82) is 0 Å². The fraction of sp³-hybridized carbons (Fsp3) is 0.538. The average Bonchev–Trinajstić information content (AvgIpc) is 2.45. The molecule has 1 unspecified atom stereocenters. The molecule has 1 aromatic rings. The number of rotatable bonds is 4. The van der Waals surface area contributed by atoms with Crippen LogP contribution in [0.2, 0.25) is 0 Å². The van der Waals surface area contributed by atoms with Crippen LogP contribution in [0.5, 0.6) is 0 Å². The second-order valence-electron chi connectivity index (χ2n) is 5.22. The van der Waals surface area contributed by atoms with E-state index in [0.717, 1.165) is 32.0 Å². The summed E-state index contributed by atoms with van der Waals surface area (Å²) in [6, 6.07) is 1.50. The molecule has 3 N–H and O–H groups in total. The lowest BCUT2D eigenvalue weighted by Crippen LogP contribution is -2.44. The number of piperidine rings is 1.